The summed E-state index contributed by atoms with van der Waals surface area (Å²) in [5.74, 6) is 0.732. The molecule has 1 N–H and O–H groups in total. The molecule has 1 heterocycles. The summed E-state index contributed by atoms with van der Waals surface area (Å²) in [6, 6.07) is 17.2. The van der Waals surface area contributed by atoms with E-state index in [4.69, 9.17) is 0 Å². The number of aromatic carboxylic acids is 1. The van der Waals surface area contributed by atoms with Crippen molar-refractivity contribution in [1.82, 2.24) is 4.90 Å². The number of carbonyl (C=O) groups is 2. The fourth-order valence-corrected chi connectivity index (χ4v) is 4.32. The molecule has 2 aromatic carbocycles. The third kappa shape index (κ3) is 4.88. The molecule has 136 valence electrons. The van der Waals surface area contributed by atoms with E-state index in [-0.39, 0.29) is 5.91 Å². The van der Waals surface area contributed by atoms with Crippen LogP contribution < -0.4 is 0 Å². The van der Waals surface area contributed by atoms with Gasteiger partial charge in [-0.1, -0.05) is 36.4 Å². The largest absolute Gasteiger partial charge is 0.478 e. The minimum absolute atomic E-state index is 0.123. The molecule has 0 saturated carbocycles. The summed E-state index contributed by atoms with van der Waals surface area (Å²) in [7, 11) is 0. The average molecular weight is 369 g/mol. The highest BCUT2D eigenvalue weighted by Gasteiger charge is 2.26. The number of carboxylic acids is 1. The first-order valence-corrected chi connectivity index (χ1v) is 9.89. The van der Waals surface area contributed by atoms with Crippen molar-refractivity contribution in [2.45, 2.75) is 24.2 Å². The minimum atomic E-state index is -0.938. The highest BCUT2D eigenvalue weighted by molar-refractivity contribution is 7.99. The van der Waals surface area contributed by atoms with E-state index in [0.29, 0.717) is 24.3 Å². The predicted molar refractivity (Wildman–Crippen MR) is 104 cm³/mol. The third-order valence-corrected chi connectivity index (χ3v) is 5.97. The quantitative estimate of drug-likeness (QED) is 0.751. The third-order valence-electron chi connectivity index (χ3n) is 4.72. The zero-order valence-corrected chi connectivity index (χ0v) is 15.5. The van der Waals surface area contributed by atoms with Gasteiger partial charge in [0, 0.05) is 30.2 Å². The van der Waals surface area contributed by atoms with Gasteiger partial charge in [0.05, 0.1) is 5.56 Å². The number of rotatable bonds is 7. The van der Waals surface area contributed by atoms with E-state index in [1.54, 1.807) is 18.2 Å². The van der Waals surface area contributed by atoms with Crippen molar-refractivity contribution in [3.63, 3.8) is 0 Å². The molecule has 1 saturated heterocycles. The molecule has 0 spiro atoms. The van der Waals surface area contributed by atoms with Gasteiger partial charge in [-0.05, 0) is 42.5 Å². The van der Waals surface area contributed by atoms with Gasteiger partial charge in [-0.3, -0.25) is 4.79 Å². The van der Waals surface area contributed by atoms with Crippen LogP contribution in [0.15, 0.2) is 59.5 Å². The van der Waals surface area contributed by atoms with E-state index in [1.807, 2.05) is 40.9 Å². The maximum atomic E-state index is 12.5. The Kier molecular flexibility index (Phi) is 6.34. The van der Waals surface area contributed by atoms with Gasteiger partial charge in [-0.25, -0.2) is 4.79 Å². The number of aryl methyl sites for hydroxylation is 1. The molecule has 0 aliphatic carbocycles. The lowest BCUT2D eigenvalue weighted by Gasteiger charge is -2.17. The highest BCUT2D eigenvalue weighted by atomic mass is 32.2. The summed E-state index contributed by atoms with van der Waals surface area (Å²) in [6.45, 7) is 1.61. The number of carboxylic acid groups (broad SMARTS) is 1. The summed E-state index contributed by atoms with van der Waals surface area (Å²) < 4.78 is 0. The van der Waals surface area contributed by atoms with Crippen LogP contribution in [-0.2, 0) is 11.2 Å². The molecular formula is C21H23NO3S. The normalized spacial score (nSPS) is 16.6. The molecule has 26 heavy (non-hydrogen) atoms. The van der Waals surface area contributed by atoms with Gasteiger partial charge in [-0.15, -0.1) is 11.8 Å². The second kappa shape index (κ2) is 8.90. The number of likely N-dealkylation sites (tertiary alicyclic amines) is 1. The molecule has 1 amide bonds. The zero-order chi connectivity index (χ0) is 18.4. The lowest BCUT2D eigenvalue weighted by molar-refractivity contribution is -0.130. The molecule has 1 aliphatic heterocycles. The summed E-state index contributed by atoms with van der Waals surface area (Å²) in [5.41, 5.74) is 1.02. The van der Waals surface area contributed by atoms with Gasteiger partial charge in [0.2, 0.25) is 5.91 Å². The van der Waals surface area contributed by atoms with Crippen molar-refractivity contribution in [1.29, 1.82) is 0 Å². The van der Waals surface area contributed by atoms with Crippen LogP contribution in [-0.4, -0.2) is 40.7 Å². The molecule has 0 aromatic heterocycles. The van der Waals surface area contributed by atoms with Gasteiger partial charge in [0.1, 0.15) is 0 Å². The Labute approximate surface area is 158 Å². The van der Waals surface area contributed by atoms with Gasteiger partial charge >= 0.3 is 5.97 Å². The first-order chi connectivity index (χ1) is 12.6. The fraction of sp³-hybridized carbons (Fsp3) is 0.333. The lowest BCUT2D eigenvalue weighted by Crippen LogP contribution is -2.29. The molecule has 1 fully saturated rings. The summed E-state index contributed by atoms with van der Waals surface area (Å²) in [5, 5.41) is 9.23. The molecular weight excluding hydrogens is 346 g/mol. The van der Waals surface area contributed by atoms with E-state index in [0.717, 1.165) is 30.8 Å². The monoisotopic (exact) mass is 369 g/mol. The molecule has 5 heteroatoms. The summed E-state index contributed by atoms with van der Waals surface area (Å²) >= 11 is 1.84. The summed E-state index contributed by atoms with van der Waals surface area (Å²) in [6.07, 6.45) is 1.88. The van der Waals surface area contributed by atoms with Crippen LogP contribution in [0.3, 0.4) is 0 Å². The first-order valence-electron chi connectivity index (χ1n) is 8.90. The van der Waals surface area contributed by atoms with Crippen molar-refractivity contribution in [2.24, 2.45) is 5.92 Å². The van der Waals surface area contributed by atoms with Crippen LogP contribution in [0.25, 0.3) is 0 Å². The smallest absolute Gasteiger partial charge is 0.335 e. The Bertz CT molecular complexity index is 763. The van der Waals surface area contributed by atoms with E-state index >= 15 is 0 Å². The molecule has 1 atom stereocenters. The maximum absolute atomic E-state index is 12.5. The van der Waals surface area contributed by atoms with Crippen LogP contribution in [0.2, 0.25) is 0 Å². The zero-order valence-electron chi connectivity index (χ0n) is 14.6. The van der Waals surface area contributed by atoms with Crippen molar-refractivity contribution in [3.8, 4) is 0 Å². The topological polar surface area (TPSA) is 57.6 Å². The molecule has 4 nitrogen and oxygen atoms in total. The number of amides is 1. The van der Waals surface area contributed by atoms with E-state index < -0.39 is 5.97 Å². The van der Waals surface area contributed by atoms with Crippen molar-refractivity contribution in [2.75, 3.05) is 18.8 Å². The van der Waals surface area contributed by atoms with Gasteiger partial charge < -0.3 is 10.0 Å². The number of benzene rings is 2. The van der Waals surface area contributed by atoms with Crippen LogP contribution in [0.4, 0.5) is 0 Å². The van der Waals surface area contributed by atoms with Crippen LogP contribution in [0.5, 0.6) is 0 Å². The Morgan fingerprint density at radius 2 is 1.81 bits per heavy atom. The van der Waals surface area contributed by atoms with E-state index in [1.165, 1.54) is 4.90 Å². The standard InChI is InChI=1S/C21H23NO3S/c23-20(11-10-17-6-4-5-9-19(17)21(24)25)22-13-12-16(14-22)15-26-18-7-2-1-3-8-18/h1-9,16H,10-15H2,(H,24,25). The van der Waals surface area contributed by atoms with E-state index in [9.17, 15) is 14.7 Å². The highest BCUT2D eigenvalue weighted by Crippen LogP contribution is 2.26. The lowest BCUT2D eigenvalue weighted by atomic mass is 10.0. The molecule has 2 aromatic rings. The second-order valence-electron chi connectivity index (χ2n) is 6.58. The van der Waals surface area contributed by atoms with Crippen LogP contribution in [0, 0.1) is 5.92 Å². The minimum Gasteiger partial charge on any atom is -0.478 e. The van der Waals surface area contributed by atoms with Gasteiger partial charge in [0.15, 0.2) is 0 Å². The molecule has 3 rings (SSSR count). The fourth-order valence-electron chi connectivity index (χ4n) is 3.27. The second-order valence-corrected chi connectivity index (χ2v) is 7.67. The molecule has 1 aliphatic rings. The maximum Gasteiger partial charge on any atom is 0.335 e. The predicted octanol–water partition coefficient (Wildman–Crippen LogP) is 3.96. The van der Waals surface area contributed by atoms with Crippen molar-refractivity contribution >= 4 is 23.6 Å². The molecule has 0 bridgehead atoms. The van der Waals surface area contributed by atoms with Crippen molar-refractivity contribution in [3.05, 3.63) is 65.7 Å². The van der Waals surface area contributed by atoms with Gasteiger partial charge in [-0.2, -0.15) is 0 Å². The summed E-state index contributed by atoms with van der Waals surface area (Å²) in [4.78, 5) is 26.9. The van der Waals surface area contributed by atoms with Crippen LogP contribution in [0.1, 0.15) is 28.8 Å². The Morgan fingerprint density at radius 3 is 2.58 bits per heavy atom. The van der Waals surface area contributed by atoms with Crippen LogP contribution >= 0.6 is 11.8 Å². The average Bonchev–Trinajstić information content (AvgIpc) is 3.14. The number of nitrogens with zero attached hydrogens (tertiary/aromatic N) is 1. The van der Waals surface area contributed by atoms with E-state index in [2.05, 4.69) is 12.1 Å². The Hall–Kier alpha value is -2.27. The molecule has 0 radical (unpaired) electrons. The Morgan fingerprint density at radius 1 is 1.08 bits per heavy atom. The number of carbonyl (C=O) groups excluding carboxylic acids is 1. The van der Waals surface area contributed by atoms with Gasteiger partial charge in [0.25, 0.3) is 0 Å². The molecule has 1 unspecified atom stereocenters. The number of hydrogen-bond donors (Lipinski definition) is 1. The number of thioether (sulfide) groups is 1. The van der Waals surface area contributed by atoms with Crippen molar-refractivity contribution < 1.29 is 14.7 Å². The Balaban J connectivity index is 1.47. The SMILES string of the molecule is O=C(O)c1ccccc1CCC(=O)N1CCC(CSc2ccccc2)C1. The first kappa shape index (κ1) is 18.5. The number of hydrogen-bond acceptors (Lipinski definition) is 3.